The first-order valence-electron chi connectivity index (χ1n) is 9.33. The van der Waals surface area contributed by atoms with E-state index in [9.17, 15) is 15.3 Å². The Kier molecular flexibility index (Phi) is 7.11. The molecule has 28 heavy (non-hydrogen) atoms. The molecule has 8 heteroatoms. The highest BCUT2D eigenvalue weighted by molar-refractivity contribution is 6.32. The zero-order valence-electron chi connectivity index (χ0n) is 15.5. The summed E-state index contributed by atoms with van der Waals surface area (Å²) in [5.74, 6) is 0.607. The van der Waals surface area contributed by atoms with Crippen LogP contribution < -0.4 is 10.1 Å². The van der Waals surface area contributed by atoms with Crippen LogP contribution in [0, 0.1) is 5.92 Å². The lowest BCUT2D eigenvalue weighted by Gasteiger charge is -2.43. The lowest BCUT2D eigenvalue weighted by molar-refractivity contribution is -0.327. The van der Waals surface area contributed by atoms with Gasteiger partial charge in [0.05, 0.1) is 12.7 Å². The van der Waals surface area contributed by atoms with Gasteiger partial charge in [0.2, 0.25) is 0 Å². The molecule has 1 unspecified atom stereocenters. The Morgan fingerprint density at radius 1 is 1.11 bits per heavy atom. The Balaban J connectivity index is 1.75. The number of piperidine rings is 1. The molecule has 0 bridgehead atoms. The number of ether oxygens (including phenoxy) is 1. The molecule has 5 N–H and O–H groups in total. The topological polar surface area (TPSA) is 111 Å². The number of nitrogens with one attached hydrogen (secondary N) is 1. The van der Waals surface area contributed by atoms with Crippen molar-refractivity contribution in [3.05, 3.63) is 52.6 Å². The Labute approximate surface area is 168 Å². The van der Waals surface area contributed by atoms with Gasteiger partial charge in [-0.15, -0.1) is 0 Å². The fraction of sp³-hybridized carbons (Fsp3) is 0.500. The van der Waals surface area contributed by atoms with Crippen molar-refractivity contribution >= 4 is 11.6 Å². The molecular weight excluding hydrogens is 386 g/mol. The predicted octanol–water partition coefficient (Wildman–Crippen LogP) is 1.57. The molecule has 6 atom stereocenters. The van der Waals surface area contributed by atoms with Gasteiger partial charge in [0, 0.05) is 11.1 Å². The van der Waals surface area contributed by atoms with E-state index < -0.39 is 30.6 Å². The van der Waals surface area contributed by atoms with E-state index in [1.165, 1.54) is 0 Å². The molecule has 1 fully saturated rings. The van der Waals surface area contributed by atoms with E-state index in [2.05, 4.69) is 10.2 Å². The fourth-order valence-electron chi connectivity index (χ4n) is 3.71. The summed E-state index contributed by atoms with van der Waals surface area (Å²) in [4.78, 5) is 4.21. The van der Waals surface area contributed by atoms with E-state index in [-0.39, 0.29) is 5.92 Å². The van der Waals surface area contributed by atoms with Crippen molar-refractivity contribution in [3.63, 3.8) is 0 Å². The minimum Gasteiger partial charge on any atom is -0.494 e. The monoisotopic (exact) mass is 411 g/mol. The van der Waals surface area contributed by atoms with Crippen molar-refractivity contribution in [1.82, 2.24) is 5.32 Å². The second kappa shape index (κ2) is 9.37. The SMILES string of the molecule is CCOc1ccc(CC2=CC([C@@H]3N[C@H](OO)[C@@H](O)[C@H](O)[C@H]3O)CC=C2Cl)cc1. The molecule has 0 spiro atoms. The maximum atomic E-state index is 10.4. The average Bonchev–Trinajstić information content (AvgIpc) is 2.70. The van der Waals surface area contributed by atoms with E-state index >= 15 is 0 Å². The summed E-state index contributed by atoms with van der Waals surface area (Å²) in [6.07, 6.45) is -0.311. The summed E-state index contributed by atoms with van der Waals surface area (Å²) in [7, 11) is 0. The maximum absolute atomic E-state index is 10.4. The minimum absolute atomic E-state index is 0.199. The molecule has 154 valence electrons. The van der Waals surface area contributed by atoms with Gasteiger partial charge in [-0.3, -0.25) is 10.6 Å². The third kappa shape index (κ3) is 4.58. The summed E-state index contributed by atoms with van der Waals surface area (Å²) in [5, 5.41) is 42.8. The highest BCUT2D eigenvalue weighted by Crippen LogP contribution is 2.33. The Morgan fingerprint density at radius 2 is 1.82 bits per heavy atom. The molecule has 2 aliphatic rings. The number of hydrogen-bond acceptors (Lipinski definition) is 7. The summed E-state index contributed by atoms with van der Waals surface area (Å²) in [5.41, 5.74) is 1.96. The summed E-state index contributed by atoms with van der Waals surface area (Å²) in [6.45, 7) is 2.54. The molecular formula is C20H26ClNO6. The van der Waals surface area contributed by atoms with E-state index in [1.54, 1.807) is 0 Å². The number of hydrogen-bond donors (Lipinski definition) is 5. The van der Waals surface area contributed by atoms with Crippen LogP contribution in [0.4, 0.5) is 0 Å². The number of aliphatic hydroxyl groups excluding tert-OH is 3. The largest absolute Gasteiger partial charge is 0.494 e. The van der Waals surface area contributed by atoms with Gasteiger partial charge in [0.25, 0.3) is 0 Å². The molecule has 1 heterocycles. The van der Waals surface area contributed by atoms with E-state index in [4.69, 9.17) is 21.6 Å². The van der Waals surface area contributed by atoms with E-state index in [0.29, 0.717) is 24.5 Å². The van der Waals surface area contributed by atoms with Crippen LogP contribution in [-0.2, 0) is 11.3 Å². The molecule has 1 aliphatic heterocycles. The standard InChI is InChI=1S/C20H26ClNO6/c1-2-27-14-6-3-11(4-7-14)9-13-10-12(5-8-15(13)21)16-17(23)18(24)19(25)20(22-16)28-26/h3-4,6-8,10,12,16-20,22-26H,2,5,9H2,1H3/t12?,16-,17-,18+,19-,20+/m0/s1. The fourth-order valence-corrected chi connectivity index (χ4v) is 3.93. The molecule has 1 aliphatic carbocycles. The molecule has 0 aromatic heterocycles. The van der Waals surface area contributed by atoms with Crippen LogP contribution in [0.3, 0.4) is 0 Å². The molecule has 0 saturated carbocycles. The molecule has 1 aromatic rings. The first-order chi connectivity index (χ1) is 13.4. The van der Waals surface area contributed by atoms with Crippen molar-refractivity contribution in [2.24, 2.45) is 5.92 Å². The maximum Gasteiger partial charge on any atom is 0.172 e. The van der Waals surface area contributed by atoms with Crippen molar-refractivity contribution in [2.45, 2.75) is 50.3 Å². The number of rotatable bonds is 6. The predicted molar refractivity (Wildman–Crippen MR) is 104 cm³/mol. The quantitative estimate of drug-likeness (QED) is 0.357. The third-order valence-corrected chi connectivity index (χ3v) is 5.63. The normalized spacial score (nSPS) is 33.2. The highest BCUT2D eigenvalue weighted by atomic mass is 35.5. The van der Waals surface area contributed by atoms with Crippen LogP contribution in [-0.4, -0.2) is 57.8 Å². The Morgan fingerprint density at radius 3 is 2.46 bits per heavy atom. The van der Waals surface area contributed by atoms with Crippen molar-refractivity contribution in [2.75, 3.05) is 6.61 Å². The van der Waals surface area contributed by atoms with Gasteiger partial charge in [-0.05, 0) is 49.0 Å². The zero-order chi connectivity index (χ0) is 20.3. The molecule has 1 saturated heterocycles. The van der Waals surface area contributed by atoms with Crippen LogP contribution in [0.2, 0.25) is 0 Å². The van der Waals surface area contributed by atoms with Crippen molar-refractivity contribution in [3.8, 4) is 5.75 Å². The van der Waals surface area contributed by atoms with Crippen molar-refractivity contribution < 1.29 is 30.2 Å². The highest BCUT2D eigenvalue weighted by Gasteiger charge is 2.45. The summed E-state index contributed by atoms with van der Waals surface area (Å²) < 4.78 is 5.46. The average molecular weight is 412 g/mol. The van der Waals surface area contributed by atoms with E-state index in [0.717, 1.165) is 16.9 Å². The summed E-state index contributed by atoms with van der Waals surface area (Å²) >= 11 is 6.39. The van der Waals surface area contributed by atoms with Gasteiger partial charge in [0.1, 0.15) is 18.0 Å². The van der Waals surface area contributed by atoms with Crippen LogP contribution in [0.25, 0.3) is 0 Å². The van der Waals surface area contributed by atoms with Gasteiger partial charge in [-0.1, -0.05) is 35.9 Å². The third-order valence-electron chi connectivity index (χ3n) is 5.23. The molecule has 3 rings (SSSR count). The second-order valence-corrected chi connectivity index (χ2v) is 7.49. The van der Waals surface area contributed by atoms with Crippen LogP contribution >= 0.6 is 11.6 Å². The number of aliphatic hydroxyl groups is 3. The van der Waals surface area contributed by atoms with E-state index in [1.807, 2.05) is 43.3 Å². The second-order valence-electron chi connectivity index (χ2n) is 7.09. The van der Waals surface area contributed by atoms with Gasteiger partial charge in [-0.2, -0.15) is 0 Å². The molecule has 0 radical (unpaired) electrons. The zero-order valence-corrected chi connectivity index (χ0v) is 16.3. The first kappa shape index (κ1) is 21.3. The van der Waals surface area contributed by atoms with Gasteiger partial charge < -0.3 is 20.1 Å². The van der Waals surface area contributed by atoms with Crippen molar-refractivity contribution in [1.29, 1.82) is 0 Å². The number of allylic oxidation sites excluding steroid dienone is 3. The van der Waals surface area contributed by atoms with Gasteiger partial charge in [0.15, 0.2) is 6.23 Å². The Hall–Kier alpha value is -1.45. The number of benzene rings is 1. The smallest absolute Gasteiger partial charge is 0.172 e. The lowest BCUT2D eigenvalue weighted by Crippen LogP contribution is -2.67. The van der Waals surface area contributed by atoms with Gasteiger partial charge >= 0.3 is 0 Å². The molecule has 7 nitrogen and oxygen atoms in total. The first-order valence-corrected chi connectivity index (χ1v) is 9.71. The van der Waals surface area contributed by atoms with Crippen LogP contribution in [0.1, 0.15) is 18.9 Å². The number of halogens is 1. The summed E-state index contributed by atoms with van der Waals surface area (Å²) in [6, 6.07) is 7.15. The van der Waals surface area contributed by atoms with Crippen LogP contribution in [0.15, 0.2) is 47.0 Å². The lowest BCUT2D eigenvalue weighted by atomic mass is 9.81. The Bertz CT molecular complexity index is 720. The minimum atomic E-state index is -1.44. The molecule has 1 aromatic carbocycles. The van der Waals surface area contributed by atoms with Crippen LogP contribution in [0.5, 0.6) is 5.75 Å². The molecule has 0 amide bonds. The van der Waals surface area contributed by atoms with Gasteiger partial charge in [-0.25, -0.2) is 4.89 Å².